The van der Waals surface area contributed by atoms with Gasteiger partial charge in [-0.25, -0.2) is 0 Å². The Hall–Kier alpha value is -3.02. The zero-order valence-electron chi connectivity index (χ0n) is 19.9. The van der Waals surface area contributed by atoms with Gasteiger partial charge in [0.15, 0.2) is 0 Å². The highest BCUT2D eigenvalue weighted by Gasteiger charge is 2.28. The minimum Gasteiger partial charge on any atom is -0.497 e. The molecule has 0 saturated heterocycles. The highest BCUT2D eigenvalue weighted by atomic mass is 16.5. The average molecular weight is 441 g/mol. The van der Waals surface area contributed by atoms with Gasteiger partial charge in [-0.3, -0.25) is 9.59 Å². The van der Waals surface area contributed by atoms with Gasteiger partial charge in [0, 0.05) is 19.0 Å². The minimum absolute atomic E-state index is 0.0115. The normalized spacial score (nSPS) is 11.7. The molecule has 1 atom stereocenters. The van der Waals surface area contributed by atoms with Crippen LogP contribution in [-0.4, -0.2) is 42.5 Å². The van der Waals surface area contributed by atoms with Gasteiger partial charge in [0.05, 0.1) is 13.7 Å². The molecule has 0 aliphatic rings. The Morgan fingerprint density at radius 1 is 1.00 bits per heavy atom. The van der Waals surface area contributed by atoms with E-state index in [-0.39, 0.29) is 17.9 Å². The molecule has 2 rings (SSSR count). The summed E-state index contributed by atoms with van der Waals surface area (Å²) >= 11 is 0. The molecule has 0 aliphatic carbocycles. The second kappa shape index (κ2) is 12.7. The summed E-state index contributed by atoms with van der Waals surface area (Å²) in [5.74, 6) is 1.37. The zero-order valence-corrected chi connectivity index (χ0v) is 19.9. The van der Waals surface area contributed by atoms with E-state index >= 15 is 0 Å². The highest BCUT2D eigenvalue weighted by molar-refractivity contribution is 5.87. The van der Waals surface area contributed by atoms with Crippen LogP contribution in [0.15, 0.2) is 48.5 Å². The lowest BCUT2D eigenvalue weighted by atomic mass is 10.1. The van der Waals surface area contributed by atoms with Gasteiger partial charge in [0.1, 0.15) is 17.5 Å². The quantitative estimate of drug-likeness (QED) is 0.494. The topological polar surface area (TPSA) is 67.9 Å². The summed E-state index contributed by atoms with van der Waals surface area (Å²) in [7, 11) is 1.62. The van der Waals surface area contributed by atoms with Crippen LogP contribution in [0.2, 0.25) is 0 Å². The monoisotopic (exact) mass is 440 g/mol. The number of nitrogens with zero attached hydrogens (tertiary/aromatic N) is 1. The maximum atomic E-state index is 13.2. The molecule has 174 valence electrons. The fraction of sp³-hybridized carbons (Fsp3) is 0.462. The molecule has 0 heterocycles. The Bertz CT molecular complexity index is 847. The van der Waals surface area contributed by atoms with Crippen molar-refractivity contribution in [1.29, 1.82) is 0 Å². The first-order valence-electron chi connectivity index (χ1n) is 11.3. The number of aryl methyl sites for hydroxylation is 1. The summed E-state index contributed by atoms with van der Waals surface area (Å²) in [6, 6.07) is 14.9. The molecule has 0 aromatic heterocycles. The van der Waals surface area contributed by atoms with Crippen molar-refractivity contribution >= 4 is 11.8 Å². The third-order valence-corrected chi connectivity index (χ3v) is 5.15. The van der Waals surface area contributed by atoms with Crippen molar-refractivity contribution in [3.63, 3.8) is 0 Å². The van der Waals surface area contributed by atoms with Gasteiger partial charge < -0.3 is 19.7 Å². The summed E-state index contributed by atoms with van der Waals surface area (Å²) in [5.41, 5.74) is 2.12. The number of benzene rings is 2. The van der Waals surface area contributed by atoms with E-state index in [1.165, 1.54) is 5.56 Å². The fourth-order valence-corrected chi connectivity index (χ4v) is 3.42. The molecule has 0 aliphatic heterocycles. The van der Waals surface area contributed by atoms with Gasteiger partial charge in [-0.05, 0) is 63.4 Å². The molecule has 32 heavy (non-hydrogen) atoms. The SMILES string of the molecule is CCC(C(=O)NC(C)C)N(Cc1ccc(OC)cc1)C(=O)CCCOc1ccc(C)cc1. The molecule has 0 spiro atoms. The molecule has 2 aromatic rings. The van der Waals surface area contributed by atoms with E-state index in [2.05, 4.69) is 5.32 Å². The number of hydrogen-bond acceptors (Lipinski definition) is 4. The first kappa shape index (κ1) is 25.2. The average Bonchev–Trinajstić information content (AvgIpc) is 2.77. The predicted octanol–water partition coefficient (Wildman–Crippen LogP) is 4.49. The maximum absolute atomic E-state index is 13.2. The van der Waals surface area contributed by atoms with Crippen molar-refractivity contribution in [2.75, 3.05) is 13.7 Å². The number of nitrogens with one attached hydrogen (secondary N) is 1. The number of methoxy groups -OCH3 is 1. The Kier molecular flexibility index (Phi) is 10.1. The second-order valence-electron chi connectivity index (χ2n) is 8.22. The summed E-state index contributed by atoms with van der Waals surface area (Å²) in [4.78, 5) is 27.7. The molecule has 0 bridgehead atoms. The smallest absolute Gasteiger partial charge is 0.243 e. The van der Waals surface area contributed by atoms with Gasteiger partial charge in [-0.2, -0.15) is 0 Å². The van der Waals surface area contributed by atoms with Crippen molar-refractivity contribution in [3.05, 3.63) is 59.7 Å². The summed E-state index contributed by atoms with van der Waals surface area (Å²) in [5, 5.41) is 2.95. The Morgan fingerprint density at radius 3 is 2.19 bits per heavy atom. The summed E-state index contributed by atoms with van der Waals surface area (Å²) < 4.78 is 11.0. The summed E-state index contributed by atoms with van der Waals surface area (Å²) in [6.07, 6.45) is 1.43. The molecule has 0 radical (unpaired) electrons. The van der Waals surface area contributed by atoms with Crippen molar-refractivity contribution in [2.24, 2.45) is 0 Å². The minimum atomic E-state index is -0.523. The van der Waals surface area contributed by atoms with Crippen LogP contribution < -0.4 is 14.8 Å². The number of hydrogen-bond donors (Lipinski definition) is 1. The van der Waals surface area contributed by atoms with Crippen LogP contribution >= 0.6 is 0 Å². The molecule has 6 heteroatoms. The third-order valence-electron chi connectivity index (χ3n) is 5.15. The van der Waals surface area contributed by atoms with Crippen molar-refractivity contribution in [2.45, 2.75) is 65.6 Å². The molecular formula is C26H36N2O4. The number of rotatable bonds is 12. The van der Waals surface area contributed by atoms with Crippen LogP contribution in [0.1, 0.15) is 51.2 Å². The number of carbonyl (C=O) groups excluding carboxylic acids is 2. The molecule has 2 aromatic carbocycles. The van der Waals surface area contributed by atoms with E-state index < -0.39 is 6.04 Å². The third kappa shape index (κ3) is 7.91. The molecule has 2 amide bonds. The summed E-state index contributed by atoms with van der Waals surface area (Å²) in [6.45, 7) is 8.61. The van der Waals surface area contributed by atoms with E-state index in [1.807, 2.05) is 76.2 Å². The lowest BCUT2D eigenvalue weighted by Gasteiger charge is -2.31. The van der Waals surface area contributed by atoms with Crippen LogP contribution in [0.5, 0.6) is 11.5 Å². The van der Waals surface area contributed by atoms with E-state index in [0.717, 1.165) is 17.1 Å². The van der Waals surface area contributed by atoms with Gasteiger partial charge in [-0.1, -0.05) is 36.8 Å². The van der Waals surface area contributed by atoms with Crippen molar-refractivity contribution in [3.8, 4) is 11.5 Å². The number of ether oxygens (including phenoxy) is 2. The molecule has 1 unspecified atom stereocenters. The van der Waals surface area contributed by atoms with Gasteiger partial charge in [-0.15, -0.1) is 0 Å². The first-order valence-corrected chi connectivity index (χ1v) is 11.3. The van der Waals surface area contributed by atoms with E-state index in [0.29, 0.717) is 32.4 Å². The van der Waals surface area contributed by atoms with E-state index in [4.69, 9.17) is 9.47 Å². The first-order chi connectivity index (χ1) is 15.3. The van der Waals surface area contributed by atoms with Crippen molar-refractivity contribution < 1.29 is 19.1 Å². The van der Waals surface area contributed by atoms with Crippen LogP contribution in [0.4, 0.5) is 0 Å². The largest absolute Gasteiger partial charge is 0.497 e. The molecule has 0 fully saturated rings. The maximum Gasteiger partial charge on any atom is 0.243 e. The number of amides is 2. The Labute approximate surface area is 191 Å². The second-order valence-corrected chi connectivity index (χ2v) is 8.22. The van der Waals surface area contributed by atoms with Gasteiger partial charge in [0.2, 0.25) is 11.8 Å². The molecule has 6 nitrogen and oxygen atoms in total. The van der Waals surface area contributed by atoms with Crippen LogP contribution in [0.25, 0.3) is 0 Å². The van der Waals surface area contributed by atoms with Crippen LogP contribution in [0.3, 0.4) is 0 Å². The number of carbonyl (C=O) groups is 2. The molecule has 0 saturated carbocycles. The fourth-order valence-electron chi connectivity index (χ4n) is 3.42. The van der Waals surface area contributed by atoms with Gasteiger partial charge in [0.25, 0.3) is 0 Å². The Balaban J connectivity index is 2.05. The predicted molar refractivity (Wildman–Crippen MR) is 127 cm³/mol. The zero-order chi connectivity index (χ0) is 23.5. The van der Waals surface area contributed by atoms with Crippen molar-refractivity contribution in [1.82, 2.24) is 10.2 Å². The van der Waals surface area contributed by atoms with Crippen LogP contribution in [-0.2, 0) is 16.1 Å². The van der Waals surface area contributed by atoms with Gasteiger partial charge >= 0.3 is 0 Å². The molecule has 1 N–H and O–H groups in total. The highest BCUT2D eigenvalue weighted by Crippen LogP contribution is 2.18. The van der Waals surface area contributed by atoms with E-state index in [1.54, 1.807) is 12.0 Å². The Morgan fingerprint density at radius 2 is 1.62 bits per heavy atom. The van der Waals surface area contributed by atoms with E-state index in [9.17, 15) is 9.59 Å². The lowest BCUT2D eigenvalue weighted by molar-refractivity contribution is -0.141. The molecular weight excluding hydrogens is 404 g/mol. The van der Waals surface area contributed by atoms with Crippen LogP contribution in [0, 0.1) is 6.92 Å². The standard InChI is InChI=1S/C26H36N2O4/c1-6-24(26(30)27-19(2)3)28(18-21-11-15-22(31-5)16-12-21)25(29)8-7-17-32-23-13-9-20(4)10-14-23/h9-16,19,24H,6-8,17-18H2,1-5H3,(H,27,30). The lowest BCUT2D eigenvalue weighted by Crippen LogP contribution is -2.50.